The third-order valence-electron chi connectivity index (χ3n) is 6.42. The van der Waals surface area contributed by atoms with Crippen LogP contribution in [0.25, 0.3) is 0 Å². The molecule has 196 valence electrons. The minimum atomic E-state index is -0.868. The van der Waals surface area contributed by atoms with Gasteiger partial charge in [-0.2, -0.15) is 0 Å². The smallest absolute Gasteiger partial charge is 0.243 e. The van der Waals surface area contributed by atoms with Crippen LogP contribution >= 0.6 is 11.6 Å². The number of carbonyl (C=O) groups is 4. The molecule has 4 amide bonds. The van der Waals surface area contributed by atoms with Crippen LogP contribution in [0, 0.1) is 0 Å². The van der Waals surface area contributed by atoms with Gasteiger partial charge in [0.1, 0.15) is 6.04 Å². The largest absolute Gasteiger partial charge is 0.369 e. The summed E-state index contributed by atoms with van der Waals surface area (Å²) in [6, 6.07) is 13.5. The van der Waals surface area contributed by atoms with Crippen LogP contribution in [0.4, 0.5) is 17.1 Å². The molecule has 0 radical (unpaired) electrons. The van der Waals surface area contributed by atoms with Crippen LogP contribution in [0.3, 0.4) is 0 Å². The van der Waals surface area contributed by atoms with Crippen LogP contribution in [-0.4, -0.2) is 85.3 Å². The number of piperazine rings is 2. The van der Waals surface area contributed by atoms with Crippen LogP contribution in [0.5, 0.6) is 0 Å². The number of hydrogen-bond donors (Lipinski definition) is 3. The molecule has 2 aromatic rings. The van der Waals surface area contributed by atoms with Gasteiger partial charge in [-0.05, 0) is 42.5 Å². The van der Waals surface area contributed by atoms with E-state index in [9.17, 15) is 19.2 Å². The van der Waals surface area contributed by atoms with Crippen molar-refractivity contribution in [3.8, 4) is 0 Å². The van der Waals surface area contributed by atoms with Gasteiger partial charge in [0.15, 0.2) is 0 Å². The summed E-state index contributed by atoms with van der Waals surface area (Å²) in [5.74, 6) is -1.06. The molecule has 0 unspecified atom stereocenters. The Bertz CT molecular complexity index is 1150. The molecule has 3 N–H and O–H groups in total. The molecule has 4 rings (SSSR count). The van der Waals surface area contributed by atoms with Crippen molar-refractivity contribution in [1.82, 2.24) is 15.1 Å². The van der Waals surface area contributed by atoms with E-state index in [2.05, 4.69) is 25.8 Å². The van der Waals surface area contributed by atoms with Crippen LogP contribution < -0.4 is 20.9 Å². The fraction of sp³-hybridized carbons (Fsp3) is 0.385. The van der Waals surface area contributed by atoms with Crippen LogP contribution in [0.2, 0.25) is 5.02 Å². The molecule has 0 saturated carbocycles. The molecule has 0 bridgehead atoms. The number of rotatable bonds is 7. The van der Waals surface area contributed by atoms with Gasteiger partial charge in [0.2, 0.25) is 23.6 Å². The van der Waals surface area contributed by atoms with E-state index in [0.717, 1.165) is 18.8 Å². The number of anilines is 3. The molecule has 2 saturated heterocycles. The van der Waals surface area contributed by atoms with Crippen molar-refractivity contribution in [2.24, 2.45) is 0 Å². The predicted molar refractivity (Wildman–Crippen MR) is 143 cm³/mol. The quantitative estimate of drug-likeness (QED) is 0.507. The topological polar surface area (TPSA) is 114 Å². The minimum absolute atomic E-state index is 0.145. The summed E-state index contributed by atoms with van der Waals surface area (Å²) >= 11 is 6.11. The van der Waals surface area contributed by atoms with Gasteiger partial charge in [0, 0.05) is 68.3 Å². The van der Waals surface area contributed by atoms with E-state index < -0.39 is 6.04 Å². The summed E-state index contributed by atoms with van der Waals surface area (Å²) in [5, 5.41) is 8.87. The second kappa shape index (κ2) is 12.1. The summed E-state index contributed by atoms with van der Waals surface area (Å²) < 4.78 is 0. The van der Waals surface area contributed by atoms with Crippen molar-refractivity contribution >= 4 is 52.3 Å². The highest BCUT2D eigenvalue weighted by Crippen LogP contribution is 2.21. The normalized spacial score (nSPS) is 18.2. The molecule has 10 nitrogen and oxygen atoms in total. The minimum Gasteiger partial charge on any atom is -0.369 e. The Hall–Kier alpha value is -3.63. The Morgan fingerprint density at radius 1 is 0.973 bits per heavy atom. The van der Waals surface area contributed by atoms with Crippen molar-refractivity contribution in [2.45, 2.75) is 19.4 Å². The Balaban J connectivity index is 1.31. The highest BCUT2D eigenvalue weighted by Gasteiger charge is 2.35. The molecular weight excluding hydrogens is 496 g/mol. The lowest BCUT2D eigenvalue weighted by Gasteiger charge is -2.39. The zero-order chi connectivity index (χ0) is 26.4. The first-order valence-electron chi connectivity index (χ1n) is 12.3. The summed E-state index contributed by atoms with van der Waals surface area (Å²) in [5.41, 5.74) is 2.20. The van der Waals surface area contributed by atoms with Crippen molar-refractivity contribution in [3.05, 3.63) is 53.6 Å². The van der Waals surface area contributed by atoms with E-state index in [-0.39, 0.29) is 36.6 Å². The van der Waals surface area contributed by atoms with Crippen LogP contribution in [0.15, 0.2) is 48.5 Å². The van der Waals surface area contributed by atoms with Crippen molar-refractivity contribution in [2.75, 3.05) is 61.3 Å². The first kappa shape index (κ1) is 26.4. The molecule has 2 aliphatic heterocycles. The SMILES string of the molecule is CC(=O)Nc1ccc(NC(=O)C[C@H]2C(=O)NCCN2C(=O)CN2CCN(c3cccc(Cl)c3)CC2)cc1. The van der Waals surface area contributed by atoms with E-state index in [1.165, 1.54) is 11.8 Å². The number of hydrogen-bond acceptors (Lipinski definition) is 6. The third kappa shape index (κ3) is 7.21. The van der Waals surface area contributed by atoms with Crippen molar-refractivity contribution in [1.29, 1.82) is 0 Å². The van der Waals surface area contributed by atoms with Gasteiger partial charge in [-0.3, -0.25) is 24.1 Å². The summed E-state index contributed by atoms with van der Waals surface area (Å²) in [6.07, 6.45) is -0.145. The zero-order valence-electron chi connectivity index (χ0n) is 20.7. The number of carbonyl (C=O) groups excluding carboxylic acids is 4. The first-order chi connectivity index (χ1) is 17.8. The van der Waals surface area contributed by atoms with Gasteiger partial charge in [0.05, 0.1) is 13.0 Å². The molecule has 11 heteroatoms. The Morgan fingerprint density at radius 2 is 1.65 bits per heavy atom. The maximum absolute atomic E-state index is 13.2. The van der Waals surface area contributed by atoms with Gasteiger partial charge >= 0.3 is 0 Å². The van der Waals surface area contributed by atoms with Gasteiger partial charge in [0.25, 0.3) is 0 Å². The van der Waals surface area contributed by atoms with Gasteiger partial charge in [-0.25, -0.2) is 0 Å². The Morgan fingerprint density at radius 3 is 2.30 bits per heavy atom. The molecule has 0 spiro atoms. The number of amides is 4. The third-order valence-corrected chi connectivity index (χ3v) is 6.66. The number of benzene rings is 2. The molecule has 2 aliphatic rings. The van der Waals surface area contributed by atoms with E-state index in [1.807, 2.05) is 24.3 Å². The highest BCUT2D eigenvalue weighted by molar-refractivity contribution is 6.30. The second-order valence-corrected chi connectivity index (χ2v) is 9.58. The number of nitrogens with one attached hydrogen (secondary N) is 3. The molecule has 2 aromatic carbocycles. The van der Waals surface area contributed by atoms with Gasteiger partial charge in [-0.15, -0.1) is 0 Å². The summed E-state index contributed by atoms with van der Waals surface area (Å²) in [4.78, 5) is 55.5. The molecular formula is C26H31ClN6O4. The fourth-order valence-electron chi connectivity index (χ4n) is 4.56. The lowest BCUT2D eigenvalue weighted by molar-refractivity contribution is -0.145. The molecule has 37 heavy (non-hydrogen) atoms. The lowest BCUT2D eigenvalue weighted by Crippen LogP contribution is -2.60. The van der Waals surface area contributed by atoms with Crippen molar-refractivity contribution < 1.29 is 19.2 Å². The molecule has 0 aromatic heterocycles. The average Bonchev–Trinajstić information content (AvgIpc) is 2.86. The van der Waals surface area contributed by atoms with Crippen LogP contribution in [-0.2, 0) is 19.2 Å². The van der Waals surface area contributed by atoms with Crippen molar-refractivity contribution in [3.63, 3.8) is 0 Å². The Kier molecular flexibility index (Phi) is 8.62. The van der Waals surface area contributed by atoms with Crippen LogP contribution in [0.1, 0.15) is 13.3 Å². The van der Waals surface area contributed by atoms with E-state index in [0.29, 0.717) is 42.6 Å². The number of nitrogens with zero attached hydrogens (tertiary/aromatic N) is 3. The molecule has 2 fully saturated rings. The first-order valence-corrected chi connectivity index (χ1v) is 12.6. The second-order valence-electron chi connectivity index (χ2n) is 9.15. The maximum atomic E-state index is 13.2. The molecule has 0 aliphatic carbocycles. The lowest BCUT2D eigenvalue weighted by atomic mass is 10.1. The van der Waals surface area contributed by atoms with E-state index >= 15 is 0 Å². The Labute approximate surface area is 220 Å². The van der Waals surface area contributed by atoms with Gasteiger partial charge in [-0.1, -0.05) is 17.7 Å². The predicted octanol–water partition coefficient (Wildman–Crippen LogP) is 1.78. The highest BCUT2D eigenvalue weighted by atomic mass is 35.5. The average molecular weight is 527 g/mol. The molecule has 2 heterocycles. The molecule has 1 atom stereocenters. The van der Waals surface area contributed by atoms with E-state index in [1.54, 1.807) is 24.3 Å². The standard InChI is InChI=1S/C26H31ClN6O4/c1-18(34)29-20-5-7-21(8-6-20)30-24(35)16-23-26(37)28-9-10-33(23)25(36)17-31-11-13-32(14-12-31)22-4-2-3-19(27)15-22/h2-8,15,23H,9-14,16-17H2,1H3,(H,28,37)(H,29,34)(H,30,35)/t23-/m0/s1. The van der Waals surface area contributed by atoms with Gasteiger partial charge < -0.3 is 25.8 Å². The fourth-order valence-corrected chi connectivity index (χ4v) is 4.75. The van der Waals surface area contributed by atoms with E-state index in [4.69, 9.17) is 11.6 Å². The zero-order valence-corrected chi connectivity index (χ0v) is 21.5. The number of halogens is 1. The summed E-state index contributed by atoms with van der Waals surface area (Å²) in [7, 11) is 0. The monoisotopic (exact) mass is 526 g/mol. The summed E-state index contributed by atoms with van der Waals surface area (Å²) in [6.45, 7) is 5.27. The maximum Gasteiger partial charge on any atom is 0.243 e.